The molecular formula is C10H16N2O. The van der Waals surface area contributed by atoms with E-state index in [9.17, 15) is 0 Å². The molecule has 1 heterocycles. The molecule has 0 aliphatic heterocycles. The Morgan fingerprint density at radius 3 is 3.00 bits per heavy atom. The molecule has 1 aromatic heterocycles. The molecule has 1 atom stereocenters. The Kier molecular flexibility index (Phi) is 3.71. The first-order valence-electron chi connectivity index (χ1n) is 4.46. The third kappa shape index (κ3) is 3.42. The highest BCUT2D eigenvalue weighted by Gasteiger charge is 2.02. The van der Waals surface area contributed by atoms with Crippen molar-refractivity contribution in [3.8, 4) is 5.88 Å². The number of likely N-dealkylation sites (N-methyl/N-ethyl adjacent to an activating group) is 1. The number of ether oxygens (including phenoxy) is 1. The molecule has 72 valence electrons. The van der Waals surface area contributed by atoms with E-state index >= 15 is 0 Å². The first-order valence-corrected chi connectivity index (χ1v) is 4.46. The number of rotatable bonds is 4. The van der Waals surface area contributed by atoms with E-state index in [-0.39, 0.29) is 6.10 Å². The van der Waals surface area contributed by atoms with Gasteiger partial charge in [0.25, 0.3) is 0 Å². The summed E-state index contributed by atoms with van der Waals surface area (Å²) in [6.45, 7) is 4.87. The largest absolute Gasteiger partial charge is 0.473 e. The monoisotopic (exact) mass is 180 g/mol. The molecule has 0 saturated carbocycles. The van der Waals surface area contributed by atoms with Crippen molar-refractivity contribution in [3.05, 3.63) is 23.9 Å². The van der Waals surface area contributed by atoms with Gasteiger partial charge in [-0.05, 0) is 32.5 Å². The maximum absolute atomic E-state index is 5.56. The normalized spacial score (nSPS) is 12.5. The topological polar surface area (TPSA) is 34.1 Å². The average Bonchev–Trinajstić information content (AvgIpc) is 2.04. The minimum absolute atomic E-state index is 0.152. The van der Waals surface area contributed by atoms with Crippen molar-refractivity contribution in [1.82, 2.24) is 10.3 Å². The summed E-state index contributed by atoms with van der Waals surface area (Å²) in [6.07, 6.45) is 1.91. The molecule has 1 unspecified atom stereocenters. The van der Waals surface area contributed by atoms with Crippen LogP contribution in [-0.2, 0) is 0 Å². The van der Waals surface area contributed by atoms with Gasteiger partial charge in [0, 0.05) is 18.8 Å². The second-order valence-electron chi connectivity index (χ2n) is 3.16. The Morgan fingerprint density at radius 2 is 2.38 bits per heavy atom. The van der Waals surface area contributed by atoms with Gasteiger partial charge < -0.3 is 10.1 Å². The lowest BCUT2D eigenvalue weighted by Crippen LogP contribution is -2.26. The van der Waals surface area contributed by atoms with Gasteiger partial charge >= 0.3 is 0 Å². The van der Waals surface area contributed by atoms with Crippen molar-refractivity contribution in [2.75, 3.05) is 13.6 Å². The van der Waals surface area contributed by atoms with E-state index in [0.717, 1.165) is 6.54 Å². The second-order valence-corrected chi connectivity index (χ2v) is 3.16. The summed E-state index contributed by atoms with van der Waals surface area (Å²) in [6, 6.07) is 3.89. The van der Waals surface area contributed by atoms with Crippen molar-refractivity contribution in [1.29, 1.82) is 0 Å². The molecule has 1 N–H and O–H groups in total. The van der Waals surface area contributed by atoms with Crippen molar-refractivity contribution in [2.45, 2.75) is 20.0 Å². The SMILES string of the molecule is CNCC(C)Oc1cc(C)ccn1. The van der Waals surface area contributed by atoms with Gasteiger partial charge in [-0.25, -0.2) is 4.98 Å². The van der Waals surface area contributed by atoms with Crippen molar-refractivity contribution < 1.29 is 4.74 Å². The fourth-order valence-corrected chi connectivity index (χ4v) is 1.11. The van der Waals surface area contributed by atoms with Crippen LogP contribution < -0.4 is 10.1 Å². The Hall–Kier alpha value is -1.09. The quantitative estimate of drug-likeness (QED) is 0.760. The van der Waals surface area contributed by atoms with E-state index in [1.54, 1.807) is 6.20 Å². The van der Waals surface area contributed by atoms with Crippen LogP contribution in [0.5, 0.6) is 5.88 Å². The molecule has 0 radical (unpaired) electrons. The predicted octanol–water partition coefficient (Wildman–Crippen LogP) is 1.38. The summed E-state index contributed by atoms with van der Waals surface area (Å²) in [5.74, 6) is 0.697. The number of hydrogen-bond acceptors (Lipinski definition) is 3. The zero-order valence-electron chi connectivity index (χ0n) is 8.37. The maximum atomic E-state index is 5.56. The van der Waals surface area contributed by atoms with Crippen molar-refractivity contribution in [2.24, 2.45) is 0 Å². The van der Waals surface area contributed by atoms with Gasteiger partial charge in [0.2, 0.25) is 5.88 Å². The average molecular weight is 180 g/mol. The molecule has 0 fully saturated rings. The van der Waals surface area contributed by atoms with E-state index in [0.29, 0.717) is 5.88 Å². The van der Waals surface area contributed by atoms with Crippen LogP contribution in [0.3, 0.4) is 0 Å². The number of aryl methyl sites for hydroxylation is 1. The molecule has 1 aromatic rings. The maximum Gasteiger partial charge on any atom is 0.213 e. The van der Waals surface area contributed by atoms with Gasteiger partial charge in [0.15, 0.2) is 0 Å². The number of nitrogens with one attached hydrogen (secondary N) is 1. The third-order valence-electron chi connectivity index (χ3n) is 1.70. The highest BCUT2D eigenvalue weighted by molar-refractivity contribution is 5.18. The minimum Gasteiger partial charge on any atom is -0.473 e. The first-order chi connectivity index (χ1) is 6.22. The summed E-state index contributed by atoms with van der Waals surface area (Å²) in [4.78, 5) is 4.11. The third-order valence-corrected chi connectivity index (χ3v) is 1.70. The fraction of sp³-hybridized carbons (Fsp3) is 0.500. The van der Waals surface area contributed by atoms with E-state index in [1.807, 2.05) is 33.0 Å². The Bertz CT molecular complexity index is 263. The second kappa shape index (κ2) is 4.82. The van der Waals surface area contributed by atoms with Crippen LogP contribution in [0.25, 0.3) is 0 Å². The standard InChI is InChI=1S/C10H16N2O/c1-8-4-5-12-10(6-8)13-9(2)7-11-3/h4-6,9,11H,7H2,1-3H3. The van der Waals surface area contributed by atoms with E-state index < -0.39 is 0 Å². The van der Waals surface area contributed by atoms with E-state index in [1.165, 1.54) is 5.56 Å². The van der Waals surface area contributed by atoms with Crippen LogP contribution in [0.4, 0.5) is 0 Å². The Morgan fingerprint density at radius 1 is 1.62 bits per heavy atom. The highest BCUT2D eigenvalue weighted by Crippen LogP contribution is 2.09. The molecule has 13 heavy (non-hydrogen) atoms. The fourth-order valence-electron chi connectivity index (χ4n) is 1.11. The van der Waals surface area contributed by atoms with Gasteiger partial charge in [-0.2, -0.15) is 0 Å². The molecule has 0 saturated heterocycles. The van der Waals surface area contributed by atoms with Gasteiger partial charge in [0.1, 0.15) is 6.10 Å². The lowest BCUT2D eigenvalue weighted by Gasteiger charge is -2.12. The summed E-state index contributed by atoms with van der Waals surface area (Å²) in [7, 11) is 1.91. The summed E-state index contributed by atoms with van der Waals surface area (Å²) >= 11 is 0. The zero-order chi connectivity index (χ0) is 9.68. The summed E-state index contributed by atoms with van der Waals surface area (Å²) in [5, 5.41) is 3.05. The molecule has 0 aromatic carbocycles. The van der Waals surface area contributed by atoms with Gasteiger partial charge in [-0.3, -0.25) is 0 Å². The van der Waals surface area contributed by atoms with Crippen LogP contribution in [0.15, 0.2) is 18.3 Å². The van der Waals surface area contributed by atoms with Crippen molar-refractivity contribution >= 4 is 0 Å². The molecule has 0 bridgehead atoms. The lowest BCUT2D eigenvalue weighted by atomic mass is 10.3. The zero-order valence-corrected chi connectivity index (χ0v) is 8.37. The molecule has 0 spiro atoms. The van der Waals surface area contributed by atoms with Crippen molar-refractivity contribution in [3.63, 3.8) is 0 Å². The molecular weight excluding hydrogens is 164 g/mol. The molecule has 0 aliphatic rings. The highest BCUT2D eigenvalue weighted by atomic mass is 16.5. The predicted molar refractivity (Wildman–Crippen MR) is 53.0 cm³/mol. The molecule has 1 rings (SSSR count). The van der Waals surface area contributed by atoms with Gasteiger partial charge in [-0.1, -0.05) is 0 Å². The Balaban J connectivity index is 2.53. The molecule has 3 nitrogen and oxygen atoms in total. The number of pyridine rings is 1. The van der Waals surface area contributed by atoms with Crippen LogP contribution in [0.1, 0.15) is 12.5 Å². The van der Waals surface area contributed by atoms with E-state index in [2.05, 4.69) is 10.3 Å². The van der Waals surface area contributed by atoms with Crippen LogP contribution >= 0.6 is 0 Å². The lowest BCUT2D eigenvalue weighted by molar-refractivity contribution is 0.212. The number of aromatic nitrogens is 1. The smallest absolute Gasteiger partial charge is 0.213 e. The van der Waals surface area contributed by atoms with Crippen LogP contribution in [-0.4, -0.2) is 24.7 Å². The summed E-state index contributed by atoms with van der Waals surface area (Å²) < 4.78 is 5.56. The Labute approximate surface area is 79.1 Å². The first kappa shape index (κ1) is 9.99. The van der Waals surface area contributed by atoms with E-state index in [4.69, 9.17) is 4.74 Å². The molecule has 0 amide bonds. The van der Waals surface area contributed by atoms with Crippen LogP contribution in [0.2, 0.25) is 0 Å². The molecule has 0 aliphatic carbocycles. The van der Waals surface area contributed by atoms with Crippen LogP contribution in [0, 0.1) is 6.92 Å². The number of hydrogen-bond donors (Lipinski definition) is 1. The summed E-state index contributed by atoms with van der Waals surface area (Å²) in [5.41, 5.74) is 1.17. The van der Waals surface area contributed by atoms with Gasteiger partial charge in [0.05, 0.1) is 0 Å². The molecule has 3 heteroatoms. The minimum atomic E-state index is 0.152. The number of nitrogens with zero attached hydrogens (tertiary/aromatic N) is 1. The van der Waals surface area contributed by atoms with Gasteiger partial charge in [-0.15, -0.1) is 0 Å².